The molecular formula is C28H22N4O5. The zero-order valence-corrected chi connectivity index (χ0v) is 19.8. The molecule has 6 rings (SSSR count). The van der Waals surface area contributed by atoms with Gasteiger partial charge in [0.2, 0.25) is 17.7 Å². The van der Waals surface area contributed by atoms with Crippen molar-refractivity contribution < 1.29 is 19.3 Å². The van der Waals surface area contributed by atoms with Gasteiger partial charge in [-0.25, -0.2) is 4.90 Å². The van der Waals surface area contributed by atoms with Gasteiger partial charge in [-0.05, 0) is 42.8 Å². The fourth-order valence-electron chi connectivity index (χ4n) is 5.64. The minimum Gasteiger partial charge on any atom is -0.351 e. The number of nitrogens with one attached hydrogen (secondary N) is 1. The molecule has 184 valence electrons. The summed E-state index contributed by atoms with van der Waals surface area (Å²) in [5.74, 6) is -2.83. The molecule has 0 saturated carbocycles. The molecule has 0 aliphatic carbocycles. The first kappa shape index (κ1) is 22.7. The maximum absolute atomic E-state index is 13.8. The topological polar surface area (TPSA) is 113 Å². The van der Waals surface area contributed by atoms with Crippen LogP contribution in [0.4, 0.5) is 22.7 Å². The number of benzene rings is 3. The van der Waals surface area contributed by atoms with E-state index in [1.54, 1.807) is 12.1 Å². The van der Waals surface area contributed by atoms with Crippen molar-refractivity contribution >= 4 is 46.5 Å². The van der Waals surface area contributed by atoms with Gasteiger partial charge >= 0.3 is 0 Å². The highest BCUT2D eigenvalue weighted by Crippen LogP contribution is 2.49. The lowest BCUT2D eigenvalue weighted by Crippen LogP contribution is -2.50. The number of carbonyl (C=O) groups excluding carboxylic acids is 3. The van der Waals surface area contributed by atoms with E-state index in [0.717, 1.165) is 16.8 Å². The number of anilines is 3. The Morgan fingerprint density at radius 3 is 2.30 bits per heavy atom. The molecule has 0 aromatic heterocycles. The molecule has 3 heterocycles. The average molecular weight is 495 g/mol. The third-order valence-electron chi connectivity index (χ3n) is 7.32. The van der Waals surface area contributed by atoms with Crippen molar-refractivity contribution in [3.63, 3.8) is 0 Å². The number of rotatable bonds is 4. The molecule has 3 aromatic rings. The number of nitro groups is 1. The van der Waals surface area contributed by atoms with E-state index in [1.165, 1.54) is 29.2 Å². The molecule has 37 heavy (non-hydrogen) atoms. The van der Waals surface area contributed by atoms with E-state index in [1.807, 2.05) is 60.4 Å². The number of non-ortho nitro benzene ring substituents is 1. The Balaban J connectivity index is 1.40. The third kappa shape index (κ3) is 3.50. The molecule has 3 aliphatic heterocycles. The van der Waals surface area contributed by atoms with E-state index < -0.39 is 40.7 Å². The molecule has 3 amide bonds. The number of hydrogen-bond donors (Lipinski definition) is 1. The van der Waals surface area contributed by atoms with Gasteiger partial charge in [-0.15, -0.1) is 0 Å². The van der Waals surface area contributed by atoms with Crippen LogP contribution in [0.3, 0.4) is 0 Å². The van der Waals surface area contributed by atoms with Gasteiger partial charge in [0, 0.05) is 23.5 Å². The summed E-state index contributed by atoms with van der Waals surface area (Å²) >= 11 is 0. The van der Waals surface area contributed by atoms with Gasteiger partial charge in [0.1, 0.15) is 6.04 Å². The molecule has 3 aromatic carbocycles. The fourth-order valence-corrected chi connectivity index (χ4v) is 5.64. The highest BCUT2D eigenvalue weighted by atomic mass is 16.6. The Labute approximate surface area is 212 Å². The molecule has 4 atom stereocenters. The van der Waals surface area contributed by atoms with Gasteiger partial charge in [-0.3, -0.25) is 24.5 Å². The van der Waals surface area contributed by atoms with Crippen molar-refractivity contribution in [2.45, 2.75) is 19.0 Å². The van der Waals surface area contributed by atoms with Crippen LogP contribution in [0.15, 0.2) is 78.9 Å². The van der Waals surface area contributed by atoms with Gasteiger partial charge in [-0.2, -0.15) is 0 Å². The third-order valence-corrected chi connectivity index (χ3v) is 7.32. The Morgan fingerprint density at radius 1 is 0.919 bits per heavy atom. The maximum Gasteiger partial charge on any atom is 0.269 e. The Morgan fingerprint density at radius 2 is 1.59 bits per heavy atom. The zero-order valence-electron chi connectivity index (χ0n) is 19.8. The zero-order chi connectivity index (χ0) is 25.8. The maximum atomic E-state index is 13.8. The predicted octanol–water partition coefficient (Wildman–Crippen LogP) is 3.93. The number of aryl methyl sites for hydroxylation is 1. The molecule has 3 aliphatic rings. The van der Waals surface area contributed by atoms with E-state index in [0.29, 0.717) is 11.4 Å². The first-order valence-corrected chi connectivity index (χ1v) is 11.9. The second kappa shape index (κ2) is 8.41. The van der Waals surface area contributed by atoms with Gasteiger partial charge in [0.15, 0.2) is 0 Å². The molecule has 0 unspecified atom stereocenters. The van der Waals surface area contributed by atoms with Crippen LogP contribution in [0.25, 0.3) is 6.08 Å². The summed E-state index contributed by atoms with van der Waals surface area (Å²) in [4.78, 5) is 54.9. The highest BCUT2D eigenvalue weighted by molar-refractivity contribution is 6.25. The number of fused-ring (bicyclic) bond motifs is 5. The smallest absolute Gasteiger partial charge is 0.269 e. The van der Waals surface area contributed by atoms with Crippen LogP contribution in [-0.4, -0.2) is 34.7 Å². The lowest BCUT2D eigenvalue weighted by Gasteiger charge is -2.36. The van der Waals surface area contributed by atoms with Crippen molar-refractivity contribution in [2.75, 3.05) is 15.1 Å². The Hall–Kier alpha value is -4.79. The molecular weight excluding hydrogens is 472 g/mol. The number of carbonyl (C=O) groups is 3. The summed E-state index contributed by atoms with van der Waals surface area (Å²) in [6.45, 7) is 1.92. The van der Waals surface area contributed by atoms with E-state index in [-0.39, 0.29) is 11.6 Å². The summed E-state index contributed by atoms with van der Waals surface area (Å²) < 4.78 is 0. The van der Waals surface area contributed by atoms with Crippen molar-refractivity contribution in [2.24, 2.45) is 11.8 Å². The lowest BCUT2D eigenvalue weighted by atomic mass is 9.88. The van der Waals surface area contributed by atoms with Gasteiger partial charge < -0.3 is 10.2 Å². The van der Waals surface area contributed by atoms with Crippen LogP contribution < -0.4 is 15.1 Å². The molecule has 9 heteroatoms. The standard InChI is InChI=1S/C28H22N4O5/c1-16-6-11-19(12-7-16)30-27(34)23-22-15-8-17-4-2-3-5-21(17)31(22)25(24(23)28(30)35)26(33)29-18-9-13-20(14-10-18)32(36)37/h2-15,22-25H,1H3,(H,29,33)/t22-,23-,24-,25+/m1/s1. The van der Waals surface area contributed by atoms with Crippen molar-refractivity contribution in [1.82, 2.24) is 0 Å². The molecule has 0 radical (unpaired) electrons. The van der Waals surface area contributed by atoms with Crippen LogP contribution in [0, 0.1) is 28.9 Å². The SMILES string of the molecule is Cc1ccc(N2C(=O)[C@@H]3[C@H](C2=O)[C@H]2C=Cc4ccccc4N2[C@@H]3C(=O)Nc2ccc([N+](=O)[O-])cc2)cc1. The normalized spacial score (nSPS) is 23.5. The number of nitro benzene ring substituents is 1. The first-order chi connectivity index (χ1) is 17.8. The van der Waals surface area contributed by atoms with Crippen LogP contribution in [0.5, 0.6) is 0 Å². The number of imide groups is 1. The van der Waals surface area contributed by atoms with Crippen LogP contribution in [-0.2, 0) is 14.4 Å². The number of nitrogens with zero attached hydrogens (tertiary/aromatic N) is 3. The second-order valence-corrected chi connectivity index (χ2v) is 9.45. The summed E-state index contributed by atoms with van der Waals surface area (Å²) in [7, 11) is 0. The monoisotopic (exact) mass is 494 g/mol. The molecule has 1 N–H and O–H groups in total. The summed E-state index contributed by atoms with van der Waals surface area (Å²) in [5, 5.41) is 13.8. The average Bonchev–Trinajstić information content (AvgIpc) is 3.38. The van der Waals surface area contributed by atoms with Gasteiger partial charge in [0.05, 0.1) is 28.5 Å². The molecule has 2 fully saturated rings. The van der Waals surface area contributed by atoms with Gasteiger partial charge in [0.25, 0.3) is 5.69 Å². The number of amides is 3. The Bertz CT molecular complexity index is 1480. The number of para-hydroxylation sites is 1. The van der Waals surface area contributed by atoms with Crippen LogP contribution in [0.1, 0.15) is 11.1 Å². The van der Waals surface area contributed by atoms with Crippen molar-refractivity contribution in [3.8, 4) is 0 Å². The largest absolute Gasteiger partial charge is 0.351 e. The second-order valence-electron chi connectivity index (χ2n) is 9.45. The predicted molar refractivity (Wildman–Crippen MR) is 138 cm³/mol. The first-order valence-electron chi connectivity index (χ1n) is 11.9. The van der Waals surface area contributed by atoms with E-state index in [2.05, 4.69) is 5.32 Å². The van der Waals surface area contributed by atoms with Crippen LogP contribution >= 0.6 is 0 Å². The minimum absolute atomic E-state index is 0.0978. The van der Waals surface area contributed by atoms with Crippen LogP contribution in [0.2, 0.25) is 0 Å². The van der Waals surface area contributed by atoms with E-state index in [9.17, 15) is 24.5 Å². The number of hydrogen-bond acceptors (Lipinski definition) is 6. The highest BCUT2D eigenvalue weighted by Gasteiger charge is 2.64. The van der Waals surface area contributed by atoms with Crippen molar-refractivity contribution in [1.29, 1.82) is 0 Å². The molecule has 9 nitrogen and oxygen atoms in total. The minimum atomic E-state index is -0.955. The lowest BCUT2D eigenvalue weighted by molar-refractivity contribution is -0.384. The fraction of sp³-hybridized carbons (Fsp3) is 0.179. The summed E-state index contributed by atoms with van der Waals surface area (Å²) in [6, 6.07) is 18.8. The molecule has 0 bridgehead atoms. The van der Waals surface area contributed by atoms with Crippen molar-refractivity contribution in [3.05, 3.63) is 100 Å². The van der Waals surface area contributed by atoms with E-state index >= 15 is 0 Å². The van der Waals surface area contributed by atoms with Gasteiger partial charge in [-0.1, -0.05) is 48.0 Å². The summed E-state index contributed by atoms with van der Waals surface area (Å²) in [5.41, 5.74) is 3.42. The molecule has 2 saturated heterocycles. The summed E-state index contributed by atoms with van der Waals surface area (Å²) in [6.07, 6.45) is 3.82. The van der Waals surface area contributed by atoms with E-state index in [4.69, 9.17) is 0 Å². The quantitative estimate of drug-likeness (QED) is 0.334. The Kier molecular flexibility index (Phi) is 5.15. The molecule has 0 spiro atoms.